The first kappa shape index (κ1) is 20.7. The number of carbonyl (C=O) groups excluding carboxylic acids is 2. The van der Waals surface area contributed by atoms with Gasteiger partial charge in [-0.3, -0.25) is 4.79 Å². The molecule has 2 rings (SSSR count). The van der Waals surface area contributed by atoms with E-state index in [4.69, 9.17) is 5.11 Å². The van der Waals surface area contributed by atoms with Crippen LogP contribution < -0.4 is 10.6 Å². The van der Waals surface area contributed by atoms with Crippen LogP contribution in [0.5, 0.6) is 0 Å². The number of likely N-dealkylation sites (tertiary alicyclic amines) is 1. The van der Waals surface area contributed by atoms with Gasteiger partial charge in [-0.05, 0) is 42.4 Å². The number of urea groups is 1. The van der Waals surface area contributed by atoms with E-state index in [1.54, 1.807) is 17.0 Å². The van der Waals surface area contributed by atoms with Gasteiger partial charge in [0.15, 0.2) is 0 Å². The summed E-state index contributed by atoms with van der Waals surface area (Å²) in [6.07, 6.45) is 2.24. The Labute approximate surface area is 160 Å². The first-order valence-electron chi connectivity index (χ1n) is 9.47. The number of piperidine rings is 1. The minimum absolute atomic E-state index is 0.0488. The molecule has 0 bridgehead atoms. The lowest BCUT2D eigenvalue weighted by Crippen LogP contribution is -2.47. The number of aromatic carboxylic acids is 1. The molecule has 3 amide bonds. The van der Waals surface area contributed by atoms with Crippen LogP contribution in [0.4, 0.5) is 4.79 Å². The molecule has 7 nitrogen and oxygen atoms in total. The number of benzene rings is 1. The van der Waals surface area contributed by atoms with Crippen LogP contribution in [0.3, 0.4) is 0 Å². The fourth-order valence-electron chi connectivity index (χ4n) is 3.12. The van der Waals surface area contributed by atoms with E-state index in [0.717, 1.165) is 24.9 Å². The minimum atomic E-state index is -0.968. The van der Waals surface area contributed by atoms with Gasteiger partial charge in [0.2, 0.25) is 5.91 Å². The van der Waals surface area contributed by atoms with E-state index in [-0.39, 0.29) is 23.4 Å². The van der Waals surface area contributed by atoms with Crippen LogP contribution in [0.1, 0.15) is 49.0 Å². The minimum Gasteiger partial charge on any atom is -0.478 e. The number of nitrogens with zero attached hydrogens (tertiary/aromatic N) is 1. The van der Waals surface area contributed by atoms with Crippen molar-refractivity contribution in [2.75, 3.05) is 19.6 Å². The van der Waals surface area contributed by atoms with Crippen LogP contribution in [-0.2, 0) is 11.3 Å². The SMILES string of the molecule is CC(C)CNC(=O)N1CCCC(CC(=O)NCc2ccc(C(=O)O)cc2)C1. The molecule has 1 aliphatic rings. The quantitative estimate of drug-likeness (QED) is 0.682. The zero-order chi connectivity index (χ0) is 19.8. The molecule has 1 aromatic rings. The van der Waals surface area contributed by atoms with E-state index < -0.39 is 5.97 Å². The molecule has 0 radical (unpaired) electrons. The Morgan fingerprint density at radius 2 is 1.89 bits per heavy atom. The van der Waals surface area contributed by atoms with Gasteiger partial charge in [-0.2, -0.15) is 0 Å². The zero-order valence-corrected chi connectivity index (χ0v) is 16.0. The number of hydrogen-bond donors (Lipinski definition) is 3. The highest BCUT2D eigenvalue weighted by Gasteiger charge is 2.25. The summed E-state index contributed by atoms with van der Waals surface area (Å²) in [5.74, 6) is -0.445. The topological polar surface area (TPSA) is 98.7 Å². The van der Waals surface area contributed by atoms with Crippen molar-refractivity contribution in [3.8, 4) is 0 Å². The number of rotatable bonds is 7. The third-order valence-corrected chi connectivity index (χ3v) is 4.63. The first-order valence-corrected chi connectivity index (χ1v) is 9.47. The van der Waals surface area contributed by atoms with Gasteiger partial charge < -0.3 is 20.6 Å². The van der Waals surface area contributed by atoms with E-state index in [9.17, 15) is 14.4 Å². The highest BCUT2D eigenvalue weighted by atomic mass is 16.4. The predicted molar refractivity (Wildman–Crippen MR) is 102 cm³/mol. The average Bonchev–Trinajstić information content (AvgIpc) is 2.65. The van der Waals surface area contributed by atoms with Gasteiger partial charge in [0.25, 0.3) is 0 Å². The Balaban J connectivity index is 1.76. The zero-order valence-electron chi connectivity index (χ0n) is 16.0. The Bertz CT molecular complexity index is 658. The van der Waals surface area contributed by atoms with Crippen molar-refractivity contribution in [2.45, 2.75) is 39.7 Å². The fraction of sp³-hybridized carbons (Fsp3) is 0.550. The molecule has 1 saturated heterocycles. The second kappa shape index (κ2) is 9.94. The number of carbonyl (C=O) groups is 3. The molecule has 0 aliphatic carbocycles. The van der Waals surface area contributed by atoms with E-state index in [1.165, 1.54) is 12.1 Å². The standard InChI is InChI=1S/C20H29N3O4/c1-14(2)11-22-20(27)23-9-3-4-16(13-23)10-18(24)21-12-15-5-7-17(8-6-15)19(25)26/h5-8,14,16H,3-4,9-13H2,1-2H3,(H,21,24)(H,22,27)(H,25,26). The van der Waals surface area contributed by atoms with Gasteiger partial charge in [0.1, 0.15) is 0 Å². The van der Waals surface area contributed by atoms with E-state index >= 15 is 0 Å². The second-order valence-electron chi connectivity index (χ2n) is 7.52. The Morgan fingerprint density at radius 3 is 2.52 bits per heavy atom. The lowest BCUT2D eigenvalue weighted by atomic mass is 9.94. The summed E-state index contributed by atoms with van der Waals surface area (Å²) < 4.78 is 0. The number of amides is 3. The molecule has 27 heavy (non-hydrogen) atoms. The summed E-state index contributed by atoms with van der Waals surface area (Å²) in [7, 11) is 0. The van der Waals surface area contributed by atoms with Crippen LogP contribution in [0, 0.1) is 11.8 Å². The fourth-order valence-corrected chi connectivity index (χ4v) is 3.12. The maximum absolute atomic E-state index is 12.2. The van der Waals surface area contributed by atoms with Crippen molar-refractivity contribution in [2.24, 2.45) is 11.8 Å². The third-order valence-electron chi connectivity index (χ3n) is 4.63. The molecule has 7 heteroatoms. The summed E-state index contributed by atoms with van der Waals surface area (Å²) in [6, 6.07) is 6.40. The molecule has 1 atom stereocenters. The Morgan fingerprint density at radius 1 is 1.19 bits per heavy atom. The van der Waals surface area contributed by atoms with E-state index in [1.807, 2.05) is 0 Å². The number of carboxylic acids is 1. The summed E-state index contributed by atoms with van der Waals surface area (Å²) in [5.41, 5.74) is 1.08. The molecule has 148 valence electrons. The molecule has 1 aromatic carbocycles. The van der Waals surface area contributed by atoms with Crippen molar-refractivity contribution >= 4 is 17.9 Å². The highest BCUT2D eigenvalue weighted by molar-refractivity contribution is 5.87. The summed E-state index contributed by atoms with van der Waals surface area (Å²) in [4.78, 5) is 37.1. The van der Waals surface area contributed by atoms with Crippen LogP contribution in [0.25, 0.3) is 0 Å². The van der Waals surface area contributed by atoms with Crippen molar-refractivity contribution in [1.29, 1.82) is 0 Å². The van der Waals surface area contributed by atoms with Gasteiger partial charge in [0, 0.05) is 32.6 Å². The third kappa shape index (κ3) is 6.92. The van der Waals surface area contributed by atoms with Crippen molar-refractivity contribution < 1.29 is 19.5 Å². The van der Waals surface area contributed by atoms with E-state index in [0.29, 0.717) is 32.0 Å². The maximum atomic E-state index is 12.2. The van der Waals surface area contributed by atoms with Gasteiger partial charge in [0.05, 0.1) is 5.56 Å². The average molecular weight is 375 g/mol. The number of carboxylic acid groups (broad SMARTS) is 1. The van der Waals surface area contributed by atoms with Crippen molar-refractivity contribution in [3.63, 3.8) is 0 Å². The predicted octanol–water partition coefficient (Wildman–Crippen LogP) is 2.47. The van der Waals surface area contributed by atoms with Crippen LogP contribution in [0.15, 0.2) is 24.3 Å². The Hall–Kier alpha value is -2.57. The molecule has 1 unspecified atom stereocenters. The van der Waals surface area contributed by atoms with Crippen LogP contribution in [0.2, 0.25) is 0 Å². The molecule has 0 saturated carbocycles. The van der Waals surface area contributed by atoms with Gasteiger partial charge in [-0.25, -0.2) is 9.59 Å². The summed E-state index contributed by atoms with van der Waals surface area (Å²) in [6.45, 7) is 6.46. The molecule has 1 fully saturated rings. The lowest BCUT2D eigenvalue weighted by Gasteiger charge is -2.32. The molecule has 1 aliphatic heterocycles. The molecular formula is C20H29N3O4. The molecule has 3 N–H and O–H groups in total. The smallest absolute Gasteiger partial charge is 0.335 e. The molecular weight excluding hydrogens is 346 g/mol. The lowest BCUT2D eigenvalue weighted by molar-refractivity contribution is -0.122. The molecule has 1 heterocycles. The normalized spacial score (nSPS) is 16.9. The summed E-state index contributed by atoms with van der Waals surface area (Å²) >= 11 is 0. The first-order chi connectivity index (χ1) is 12.8. The highest BCUT2D eigenvalue weighted by Crippen LogP contribution is 2.19. The van der Waals surface area contributed by atoms with Crippen molar-refractivity contribution in [1.82, 2.24) is 15.5 Å². The van der Waals surface area contributed by atoms with Gasteiger partial charge in [-0.15, -0.1) is 0 Å². The number of nitrogens with one attached hydrogen (secondary N) is 2. The van der Waals surface area contributed by atoms with Crippen molar-refractivity contribution in [3.05, 3.63) is 35.4 Å². The second-order valence-corrected chi connectivity index (χ2v) is 7.52. The number of hydrogen-bond acceptors (Lipinski definition) is 3. The molecule has 0 spiro atoms. The molecule has 0 aromatic heterocycles. The van der Waals surface area contributed by atoms with E-state index in [2.05, 4.69) is 24.5 Å². The van der Waals surface area contributed by atoms with Crippen LogP contribution in [-0.4, -0.2) is 47.5 Å². The Kier molecular flexibility index (Phi) is 7.64. The monoisotopic (exact) mass is 375 g/mol. The maximum Gasteiger partial charge on any atom is 0.335 e. The van der Waals surface area contributed by atoms with Crippen LogP contribution >= 0.6 is 0 Å². The van der Waals surface area contributed by atoms with Gasteiger partial charge in [-0.1, -0.05) is 26.0 Å². The largest absolute Gasteiger partial charge is 0.478 e. The van der Waals surface area contributed by atoms with Gasteiger partial charge >= 0.3 is 12.0 Å². The summed E-state index contributed by atoms with van der Waals surface area (Å²) in [5, 5.41) is 14.7.